The van der Waals surface area contributed by atoms with Gasteiger partial charge in [-0.25, -0.2) is 9.61 Å². The molecule has 0 radical (unpaired) electrons. The molecule has 3 N–H and O–H groups in total. The number of aliphatic carboxylic acids is 1. The number of benzene rings is 1. The first-order valence-corrected chi connectivity index (χ1v) is 14.1. The Bertz CT molecular complexity index is 1370. The number of anilines is 1. The number of aromatic nitrogens is 4. The first-order chi connectivity index (χ1) is 19.1. The first-order valence-electron chi connectivity index (χ1n) is 12.9. The summed E-state index contributed by atoms with van der Waals surface area (Å²) in [6, 6.07) is 7.34. The lowest BCUT2D eigenvalue weighted by Crippen LogP contribution is -2.47. The third kappa shape index (κ3) is 8.25. The molecule has 2 aromatic heterocycles. The summed E-state index contributed by atoms with van der Waals surface area (Å²) < 4.78 is 5.98. The molecule has 2 atom stereocenters. The maximum absolute atomic E-state index is 13.4. The molecule has 0 aliphatic rings. The molecule has 40 heavy (non-hydrogen) atoms. The van der Waals surface area contributed by atoms with Gasteiger partial charge < -0.3 is 15.7 Å². The molecule has 0 aliphatic heterocycles. The number of Topliss-reactive ketones (excluding diaryl/α,β-unsaturated/α-hetero) is 1. The zero-order valence-corrected chi connectivity index (χ0v) is 23.7. The zero-order chi connectivity index (χ0) is 29.2. The van der Waals surface area contributed by atoms with Gasteiger partial charge in [-0.3, -0.25) is 23.7 Å². The van der Waals surface area contributed by atoms with Gasteiger partial charge in [-0.2, -0.15) is 0 Å². The Morgan fingerprint density at radius 1 is 1.15 bits per heavy atom. The van der Waals surface area contributed by atoms with Crippen LogP contribution < -0.4 is 16.2 Å². The summed E-state index contributed by atoms with van der Waals surface area (Å²) in [5.74, 6) is -1.69. The Balaban J connectivity index is 1.79. The van der Waals surface area contributed by atoms with Crippen molar-refractivity contribution >= 4 is 35.2 Å². The van der Waals surface area contributed by atoms with Gasteiger partial charge in [-0.1, -0.05) is 61.4 Å². The third-order valence-corrected chi connectivity index (χ3v) is 7.20. The molecule has 0 fully saturated rings. The molecule has 1 aromatic carbocycles. The Labute approximate surface area is 235 Å². The van der Waals surface area contributed by atoms with Gasteiger partial charge in [-0.05, 0) is 24.8 Å². The second kappa shape index (κ2) is 14.4. The standard InChI is InChI=1S/C27H34N6O6S/c1-5-22(26(37)30-19(11-24(35)36)23(34)15-40-14-18-9-7-6-8-10-18)33-13-21(16(2)3)29-25(27(33)38)28-12-20-17(4)31-39-32-20/h6-10,13,16,19,22H,5,11-12,14-15H2,1-4H3,(H,28,29)(H,30,37)(H,35,36)/t19-,22?/m0/s1. The van der Waals surface area contributed by atoms with Gasteiger partial charge >= 0.3 is 5.97 Å². The fraction of sp³-hybridized carbons (Fsp3) is 0.444. The Hall–Kier alpha value is -4.00. The molecule has 0 bridgehead atoms. The fourth-order valence-corrected chi connectivity index (χ4v) is 4.80. The first kappa shape index (κ1) is 30.5. The Kier molecular flexibility index (Phi) is 11.0. The second-order valence-corrected chi connectivity index (χ2v) is 10.5. The third-order valence-electron chi connectivity index (χ3n) is 6.18. The number of nitrogens with zero attached hydrogens (tertiary/aromatic N) is 4. The molecule has 3 aromatic rings. The monoisotopic (exact) mass is 570 g/mol. The van der Waals surface area contributed by atoms with E-state index in [9.17, 15) is 24.3 Å². The van der Waals surface area contributed by atoms with Crippen LogP contribution in [0.4, 0.5) is 5.82 Å². The summed E-state index contributed by atoms with van der Waals surface area (Å²) in [7, 11) is 0. The van der Waals surface area contributed by atoms with Crippen LogP contribution in [-0.2, 0) is 26.7 Å². The number of thioether (sulfide) groups is 1. The number of carboxylic acid groups (broad SMARTS) is 1. The van der Waals surface area contributed by atoms with E-state index in [2.05, 4.69) is 25.9 Å². The lowest BCUT2D eigenvalue weighted by molar-refractivity contribution is -0.140. The highest BCUT2D eigenvalue weighted by Gasteiger charge is 2.29. The molecular weight excluding hydrogens is 536 g/mol. The van der Waals surface area contributed by atoms with Crippen LogP contribution >= 0.6 is 11.8 Å². The smallest absolute Gasteiger partial charge is 0.305 e. The van der Waals surface area contributed by atoms with Gasteiger partial charge in [0.2, 0.25) is 5.91 Å². The van der Waals surface area contributed by atoms with Crippen molar-refractivity contribution < 1.29 is 24.1 Å². The van der Waals surface area contributed by atoms with Crippen molar-refractivity contribution in [1.29, 1.82) is 0 Å². The normalized spacial score (nSPS) is 12.6. The van der Waals surface area contributed by atoms with Gasteiger partial charge in [0.15, 0.2) is 11.6 Å². The minimum Gasteiger partial charge on any atom is -0.481 e. The Morgan fingerprint density at radius 3 is 2.48 bits per heavy atom. The molecule has 0 saturated carbocycles. The maximum atomic E-state index is 13.4. The molecule has 12 nitrogen and oxygen atoms in total. The van der Waals surface area contributed by atoms with Gasteiger partial charge in [0.25, 0.3) is 5.56 Å². The van der Waals surface area contributed by atoms with Crippen molar-refractivity contribution in [3.63, 3.8) is 0 Å². The molecular formula is C27H34N6O6S. The predicted molar refractivity (Wildman–Crippen MR) is 150 cm³/mol. The SMILES string of the molecule is CCC(C(=O)N[C@@H](CC(=O)O)C(=O)CSCc1ccccc1)n1cc(C(C)C)nc(NCc2nonc2C)c1=O. The van der Waals surface area contributed by atoms with Gasteiger partial charge in [0, 0.05) is 11.9 Å². The topological polar surface area (TPSA) is 169 Å². The van der Waals surface area contributed by atoms with Crippen LogP contribution in [0.1, 0.15) is 68.2 Å². The summed E-state index contributed by atoms with van der Waals surface area (Å²) in [6.07, 6.45) is 1.18. The molecule has 0 spiro atoms. The average Bonchev–Trinajstić information content (AvgIpc) is 3.33. The van der Waals surface area contributed by atoms with Crippen molar-refractivity contribution in [2.24, 2.45) is 0 Å². The number of amides is 1. The number of nitrogens with one attached hydrogen (secondary N) is 2. The number of hydrogen-bond acceptors (Lipinski definition) is 10. The number of aryl methyl sites for hydroxylation is 1. The molecule has 0 aliphatic carbocycles. The number of carboxylic acids is 1. The van der Waals surface area contributed by atoms with Crippen molar-refractivity contribution in [2.75, 3.05) is 11.1 Å². The van der Waals surface area contributed by atoms with E-state index in [1.165, 1.54) is 22.5 Å². The second-order valence-electron chi connectivity index (χ2n) is 9.56. The van der Waals surface area contributed by atoms with Crippen LogP contribution in [0.2, 0.25) is 0 Å². The van der Waals surface area contributed by atoms with Crippen molar-refractivity contribution in [3.05, 3.63) is 69.5 Å². The van der Waals surface area contributed by atoms with Crippen LogP contribution in [-0.4, -0.2) is 54.4 Å². The van der Waals surface area contributed by atoms with Crippen LogP contribution in [0, 0.1) is 6.92 Å². The van der Waals surface area contributed by atoms with Crippen LogP contribution in [0.3, 0.4) is 0 Å². The fourth-order valence-electron chi connectivity index (χ4n) is 3.87. The summed E-state index contributed by atoms with van der Waals surface area (Å²) in [6.45, 7) is 7.40. The minimum absolute atomic E-state index is 0.0234. The average molecular weight is 571 g/mol. The molecule has 0 saturated heterocycles. The van der Waals surface area contributed by atoms with E-state index >= 15 is 0 Å². The quantitative estimate of drug-likeness (QED) is 0.245. The largest absolute Gasteiger partial charge is 0.481 e. The number of carbonyl (C=O) groups excluding carboxylic acids is 2. The molecule has 1 unspecified atom stereocenters. The van der Waals surface area contributed by atoms with E-state index in [0.717, 1.165) is 5.56 Å². The lowest BCUT2D eigenvalue weighted by Gasteiger charge is -2.23. The van der Waals surface area contributed by atoms with Crippen molar-refractivity contribution in [2.45, 2.75) is 70.8 Å². The maximum Gasteiger partial charge on any atom is 0.305 e. The summed E-state index contributed by atoms with van der Waals surface area (Å²) >= 11 is 1.34. The van der Waals surface area contributed by atoms with Gasteiger partial charge in [-0.15, -0.1) is 11.8 Å². The van der Waals surface area contributed by atoms with E-state index in [0.29, 0.717) is 22.8 Å². The van der Waals surface area contributed by atoms with E-state index in [1.54, 1.807) is 13.8 Å². The van der Waals surface area contributed by atoms with Crippen molar-refractivity contribution in [1.82, 2.24) is 25.2 Å². The van der Waals surface area contributed by atoms with Crippen molar-refractivity contribution in [3.8, 4) is 0 Å². The molecule has 3 rings (SSSR count). The summed E-state index contributed by atoms with van der Waals surface area (Å²) in [5, 5.41) is 22.5. The molecule has 1 amide bonds. The van der Waals surface area contributed by atoms with Crippen LogP contribution in [0.25, 0.3) is 0 Å². The Morgan fingerprint density at radius 2 is 1.88 bits per heavy atom. The molecule has 2 heterocycles. The number of carbonyl (C=O) groups is 3. The number of hydrogen-bond donors (Lipinski definition) is 3. The molecule has 13 heteroatoms. The highest BCUT2D eigenvalue weighted by atomic mass is 32.2. The number of ketones is 1. The summed E-state index contributed by atoms with van der Waals surface area (Å²) in [4.78, 5) is 55.7. The van der Waals surface area contributed by atoms with E-state index in [1.807, 2.05) is 44.2 Å². The number of rotatable bonds is 15. The minimum atomic E-state index is -1.23. The van der Waals surface area contributed by atoms with Crippen LogP contribution in [0.5, 0.6) is 0 Å². The van der Waals surface area contributed by atoms with Crippen LogP contribution in [0.15, 0.2) is 46.0 Å². The molecule has 214 valence electrons. The highest BCUT2D eigenvalue weighted by molar-refractivity contribution is 7.99. The predicted octanol–water partition coefficient (Wildman–Crippen LogP) is 3.08. The van der Waals surface area contributed by atoms with E-state index in [4.69, 9.17) is 4.63 Å². The van der Waals surface area contributed by atoms with Gasteiger partial charge in [0.1, 0.15) is 17.4 Å². The van der Waals surface area contributed by atoms with E-state index < -0.39 is 41.7 Å². The highest BCUT2D eigenvalue weighted by Crippen LogP contribution is 2.18. The van der Waals surface area contributed by atoms with E-state index in [-0.39, 0.29) is 30.5 Å². The summed E-state index contributed by atoms with van der Waals surface area (Å²) in [5.41, 5.74) is 2.13. The zero-order valence-electron chi connectivity index (χ0n) is 22.9. The van der Waals surface area contributed by atoms with Gasteiger partial charge in [0.05, 0.1) is 30.5 Å². The lowest BCUT2D eigenvalue weighted by atomic mass is 10.1.